The largest absolute Gasteiger partial charge is 0.483 e. The quantitative estimate of drug-likeness (QED) is 0.466. The summed E-state index contributed by atoms with van der Waals surface area (Å²) in [6.07, 6.45) is -4.67. The van der Waals surface area contributed by atoms with E-state index in [0.717, 1.165) is 23.4 Å². The van der Waals surface area contributed by atoms with Gasteiger partial charge in [0.05, 0.1) is 5.56 Å². The van der Waals surface area contributed by atoms with Gasteiger partial charge in [0.1, 0.15) is 5.75 Å². The molecule has 29 heavy (non-hydrogen) atoms. The minimum Gasteiger partial charge on any atom is -0.483 e. The summed E-state index contributed by atoms with van der Waals surface area (Å²) < 4.78 is 46.4. The Hall–Kier alpha value is -2.48. The van der Waals surface area contributed by atoms with Gasteiger partial charge in [0.25, 0.3) is 0 Å². The number of rotatable bonds is 6. The van der Waals surface area contributed by atoms with Crippen LogP contribution in [0.5, 0.6) is 5.75 Å². The number of halogens is 3. The Morgan fingerprint density at radius 3 is 2.52 bits per heavy atom. The fourth-order valence-corrected chi connectivity index (χ4v) is 3.70. The lowest BCUT2D eigenvalue weighted by molar-refractivity contribution is -0.137. The van der Waals surface area contributed by atoms with Crippen molar-refractivity contribution < 1.29 is 17.9 Å². The van der Waals surface area contributed by atoms with E-state index >= 15 is 0 Å². The molecule has 1 unspecified atom stereocenters. The molecule has 0 saturated carbocycles. The molecule has 0 aliphatic carbocycles. The molecule has 0 aliphatic rings. The Labute approximate surface area is 172 Å². The van der Waals surface area contributed by atoms with Crippen LogP contribution >= 0.6 is 11.8 Å². The summed E-state index contributed by atoms with van der Waals surface area (Å²) >= 11 is 1.33. The van der Waals surface area contributed by atoms with Crippen molar-refractivity contribution in [1.29, 1.82) is 0 Å². The minimum atomic E-state index is -4.35. The summed E-state index contributed by atoms with van der Waals surface area (Å²) in [6.45, 7) is 5.96. The Morgan fingerprint density at radius 1 is 1.07 bits per heavy atom. The van der Waals surface area contributed by atoms with Gasteiger partial charge in [-0.1, -0.05) is 36.0 Å². The molecule has 3 rings (SSSR count). The molecule has 1 aromatic heterocycles. The number of alkyl halides is 3. The third kappa shape index (κ3) is 5.12. The number of aryl methyl sites for hydroxylation is 2. The molecule has 0 bridgehead atoms. The molecule has 0 fully saturated rings. The van der Waals surface area contributed by atoms with Gasteiger partial charge in [-0.3, -0.25) is 0 Å². The fourth-order valence-electron chi connectivity index (χ4n) is 2.84. The van der Waals surface area contributed by atoms with Crippen molar-refractivity contribution in [2.24, 2.45) is 7.05 Å². The van der Waals surface area contributed by atoms with Crippen LogP contribution in [0.4, 0.5) is 13.2 Å². The van der Waals surface area contributed by atoms with Gasteiger partial charge in [-0.15, -0.1) is 10.2 Å². The minimum absolute atomic E-state index is 0.322. The van der Waals surface area contributed by atoms with Gasteiger partial charge in [-0.05, 0) is 55.7 Å². The molecule has 8 heteroatoms. The van der Waals surface area contributed by atoms with Crippen molar-refractivity contribution in [2.45, 2.75) is 44.0 Å². The third-order valence-electron chi connectivity index (χ3n) is 4.65. The van der Waals surface area contributed by atoms with Gasteiger partial charge in [-0.25, -0.2) is 0 Å². The van der Waals surface area contributed by atoms with E-state index in [4.69, 9.17) is 4.74 Å². The monoisotopic (exact) mass is 421 g/mol. The highest BCUT2D eigenvalue weighted by Crippen LogP contribution is 2.31. The highest BCUT2D eigenvalue weighted by Gasteiger charge is 2.30. The molecule has 0 spiro atoms. The fraction of sp³-hybridized carbons (Fsp3) is 0.333. The summed E-state index contributed by atoms with van der Waals surface area (Å²) in [4.78, 5) is 0. The number of aromatic nitrogens is 3. The van der Waals surface area contributed by atoms with Gasteiger partial charge in [0.15, 0.2) is 17.1 Å². The predicted octanol–water partition coefficient (Wildman–Crippen LogP) is 5.88. The van der Waals surface area contributed by atoms with E-state index in [1.165, 1.54) is 23.4 Å². The van der Waals surface area contributed by atoms with Gasteiger partial charge < -0.3 is 9.30 Å². The lowest BCUT2D eigenvalue weighted by atomic mass is 10.1. The van der Waals surface area contributed by atoms with E-state index < -0.39 is 11.7 Å². The lowest BCUT2D eigenvalue weighted by Gasteiger charge is -2.15. The topological polar surface area (TPSA) is 39.9 Å². The van der Waals surface area contributed by atoms with Crippen LogP contribution < -0.4 is 4.74 Å². The average Bonchev–Trinajstić information content (AvgIpc) is 3.03. The molecule has 0 aliphatic heterocycles. The summed E-state index contributed by atoms with van der Waals surface area (Å²) in [5.74, 6) is 1.76. The van der Waals surface area contributed by atoms with Crippen LogP contribution in [0.1, 0.15) is 41.1 Å². The second-order valence-corrected chi connectivity index (χ2v) is 7.84. The number of hydrogen-bond donors (Lipinski definition) is 0. The van der Waals surface area contributed by atoms with Crippen LogP contribution in [0.25, 0.3) is 0 Å². The Balaban J connectivity index is 1.68. The molecule has 0 saturated heterocycles. The summed E-state index contributed by atoms with van der Waals surface area (Å²) in [6, 6.07) is 11.2. The zero-order valence-electron chi connectivity index (χ0n) is 16.6. The SMILES string of the molecule is Cc1ccc(OC(C)c2nnc(SCc3cccc(C(F)(F)F)c3)n2C)cc1C. The first-order valence-electron chi connectivity index (χ1n) is 9.07. The van der Waals surface area contributed by atoms with Crippen molar-refractivity contribution in [1.82, 2.24) is 14.8 Å². The Kier molecular flexibility index (Phi) is 6.21. The number of benzene rings is 2. The van der Waals surface area contributed by atoms with Gasteiger partial charge >= 0.3 is 6.18 Å². The molecule has 4 nitrogen and oxygen atoms in total. The summed E-state index contributed by atoms with van der Waals surface area (Å²) in [7, 11) is 1.82. The Bertz CT molecular complexity index is 1000. The molecule has 1 atom stereocenters. The molecule has 0 N–H and O–H groups in total. The summed E-state index contributed by atoms with van der Waals surface area (Å²) in [5.41, 5.74) is 2.26. The first kappa shape index (κ1) is 21.2. The predicted molar refractivity (Wildman–Crippen MR) is 107 cm³/mol. The number of nitrogens with zero attached hydrogens (tertiary/aromatic N) is 3. The van der Waals surface area contributed by atoms with Crippen molar-refractivity contribution in [3.63, 3.8) is 0 Å². The number of ether oxygens (including phenoxy) is 1. The zero-order valence-corrected chi connectivity index (χ0v) is 17.4. The van der Waals surface area contributed by atoms with Crippen molar-refractivity contribution in [3.05, 3.63) is 70.5 Å². The van der Waals surface area contributed by atoms with Crippen LogP contribution in [0.3, 0.4) is 0 Å². The van der Waals surface area contributed by atoms with Crippen molar-refractivity contribution in [3.8, 4) is 5.75 Å². The molecule has 3 aromatic rings. The number of thioether (sulfide) groups is 1. The maximum absolute atomic E-state index is 12.9. The average molecular weight is 421 g/mol. The second-order valence-electron chi connectivity index (χ2n) is 6.89. The first-order valence-corrected chi connectivity index (χ1v) is 10.1. The standard InChI is InChI=1S/C21H22F3N3OS/c1-13-8-9-18(10-14(13)2)28-15(3)19-25-26-20(27(19)4)29-12-16-6-5-7-17(11-16)21(22,23)24/h5-11,15H,12H2,1-4H3. The van der Waals surface area contributed by atoms with Crippen molar-refractivity contribution >= 4 is 11.8 Å². The summed E-state index contributed by atoms with van der Waals surface area (Å²) in [5, 5.41) is 9.00. The molecular weight excluding hydrogens is 399 g/mol. The van der Waals surface area contributed by atoms with Crippen LogP contribution in [0.2, 0.25) is 0 Å². The van der Waals surface area contributed by atoms with Gasteiger partial charge in [0.2, 0.25) is 0 Å². The van der Waals surface area contributed by atoms with Crippen LogP contribution in [-0.4, -0.2) is 14.8 Å². The molecule has 0 radical (unpaired) electrons. The smallest absolute Gasteiger partial charge is 0.416 e. The molecule has 1 heterocycles. The molecular formula is C21H22F3N3OS. The van der Waals surface area contributed by atoms with E-state index in [0.29, 0.717) is 22.3 Å². The lowest BCUT2D eigenvalue weighted by Crippen LogP contribution is -2.10. The Morgan fingerprint density at radius 2 is 1.83 bits per heavy atom. The number of hydrogen-bond acceptors (Lipinski definition) is 4. The maximum Gasteiger partial charge on any atom is 0.416 e. The highest BCUT2D eigenvalue weighted by molar-refractivity contribution is 7.98. The van der Waals surface area contributed by atoms with E-state index in [1.54, 1.807) is 6.07 Å². The normalized spacial score (nSPS) is 12.8. The zero-order chi connectivity index (χ0) is 21.2. The van der Waals surface area contributed by atoms with Crippen LogP contribution in [0.15, 0.2) is 47.6 Å². The van der Waals surface area contributed by atoms with E-state index in [-0.39, 0.29) is 6.10 Å². The van der Waals surface area contributed by atoms with E-state index in [2.05, 4.69) is 10.2 Å². The van der Waals surface area contributed by atoms with E-state index in [9.17, 15) is 13.2 Å². The highest BCUT2D eigenvalue weighted by atomic mass is 32.2. The van der Waals surface area contributed by atoms with Crippen LogP contribution in [0, 0.1) is 13.8 Å². The van der Waals surface area contributed by atoms with E-state index in [1.807, 2.05) is 50.6 Å². The molecule has 2 aromatic carbocycles. The maximum atomic E-state index is 12.9. The molecule has 154 valence electrons. The molecule has 0 amide bonds. The third-order valence-corrected chi connectivity index (χ3v) is 5.74. The van der Waals surface area contributed by atoms with Crippen LogP contribution in [-0.2, 0) is 19.0 Å². The first-order chi connectivity index (χ1) is 13.6. The van der Waals surface area contributed by atoms with Gasteiger partial charge in [0, 0.05) is 12.8 Å². The second kappa shape index (κ2) is 8.49. The van der Waals surface area contributed by atoms with Gasteiger partial charge in [-0.2, -0.15) is 13.2 Å². The van der Waals surface area contributed by atoms with Crippen molar-refractivity contribution in [2.75, 3.05) is 0 Å².